The first-order valence-corrected chi connectivity index (χ1v) is 7.28. The Morgan fingerprint density at radius 1 is 1.15 bits per heavy atom. The molecule has 2 aromatic rings. The maximum Gasteiger partial charge on any atom is 0.146 e. The first-order chi connectivity index (χ1) is 9.61. The monoisotopic (exact) mass is 289 g/mol. The smallest absolute Gasteiger partial charge is 0.146 e. The topological polar surface area (TPSA) is 12.0 Å². The Kier molecular flexibility index (Phi) is 3.66. The first-order valence-electron chi connectivity index (χ1n) is 6.90. The lowest BCUT2D eigenvalue weighted by Crippen LogP contribution is -2.34. The van der Waals surface area contributed by atoms with Crippen LogP contribution in [0.1, 0.15) is 29.9 Å². The molecule has 1 aliphatic carbocycles. The minimum Gasteiger partial charge on any atom is -0.380 e. The summed E-state index contributed by atoms with van der Waals surface area (Å²) in [6.45, 7) is 1.97. The van der Waals surface area contributed by atoms with Gasteiger partial charge in [-0.25, -0.2) is 4.39 Å². The van der Waals surface area contributed by atoms with E-state index in [2.05, 4.69) is 11.4 Å². The molecule has 0 saturated heterocycles. The fourth-order valence-corrected chi connectivity index (χ4v) is 2.94. The number of hydrogen-bond donors (Lipinski definition) is 1. The van der Waals surface area contributed by atoms with E-state index in [1.54, 1.807) is 6.07 Å². The van der Waals surface area contributed by atoms with Crippen LogP contribution in [0.4, 0.5) is 10.1 Å². The van der Waals surface area contributed by atoms with Crippen LogP contribution < -0.4 is 5.32 Å². The molecule has 0 bridgehead atoms. The van der Waals surface area contributed by atoms with Gasteiger partial charge in [-0.2, -0.15) is 0 Å². The Morgan fingerprint density at radius 3 is 2.70 bits per heavy atom. The number of rotatable bonds is 3. The third-order valence-electron chi connectivity index (χ3n) is 3.94. The lowest BCUT2D eigenvalue weighted by Gasteiger charge is -2.37. The summed E-state index contributed by atoms with van der Waals surface area (Å²) in [4.78, 5) is 0. The van der Waals surface area contributed by atoms with E-state index >= 15 is 0 Å². The number of nitrogens with one attached hydrogen (secondary N) is 1. The molecule has 1 fully saturated rings. The molecule has 0 aliphatic heterocycles. The summed E-state index contributed by atoms with van der Waals surface area (Å²) in [6.07, 6.45) is 2.04. The molecule has 3 rings (SSSR count). The minimum absolute atomic E-state index is 0.179. The molecule has 0 atom stereocenters. The van der Waals surface area contributed by atoms with Crippen molar-refractivity contribution in [1.29, 1.82) is 0 Å². The highest BCUT2D eigenvalue weighted by Gasteiger charge is 2.30. The van der Waals surface area contributed by atoms with Gasteiger partial charge in [0.15, 0.2) is 0 Å². The summed E-state index contributed by atoms with van der Waals surface area (Å²) in [5, 5.41) is 4.07. The van der Waals surface area contributed by atoms with Gasteiger partial charge in [0, 0.05) is 11.1 Å². The van der Waals surface area contributed by atoms with E-state index in [1.165, 1.54) is 11.6 Å². The Labute approximate surface area is 123 Å². The number of hydrogen-bond acceptors (Lipinski definition) is 1. The van der Waals surface area contributed by atoms with Gasteiger partial charge in [-0.05, 0) is 61.1 Å². The standard InChI is InChI=1S/C17H17ClFN/c1-11-5-6-16(19)17(7-11)20-15-9-13(10-15)12-3-2-4-14(18)8-12/h2-8,13,15,20H,9-10H2,1H3. The predicted molar refractivity (Wildman–Crippen MR) is 82.0 cm³/mol. The summed E-state index contributed by atoms with van der Waals surface area (Å²) in [5.41, 5.74) is 2.96. The lowest BCUT2D eigenvalue weighted by atomic mass is 9.76. The molecule has 3 heteroatoms. The quantitative estimate of drug-likeness (QED) is 0.824. The Hall–Kier alpha value is -1.54. The molecule has 0 unspecified atom stereocenters. The van der Waals surface area contributed by atoms with Crippen molar-refractivity contribution < 1.29 is 4.39 Å². The van der Waals surface area contributed by atoms with Gasteiger partial charge in [0.05, 0.1) is 5.69 Å². The number of halogens is 2. The second kappa shape index (κ2) is 5.45. The zero-order chi connectivity index (χ0) is 14.1. The SMILES string of the molecule is Cc1ccc(F)c(NC2CC(c3cccc(Cl)c3)C2)c1. The molecule has 2 aromatic carbocycles. The highest BCUT2D eigenvalue weighted by Crippen LogP contribution is 2.39. The maximum absolute atomic E-state index is 13.7. The highest BCUT2D eigenvalue weighted by atomic mass is 35.5. The van der Waals surface area contributed by atoms with Crippen LogP contribution in [-0.4, -0.2) is 6.04 Å². The fraction of sp³-hybridized carbons (Fsp3) is 0.294. The van der Waals surface area contributed by atoms with E-state index in [0.717, 1.165) is 23.4 Å². The molecule has 0 amide bonds. The van der Waals surface area contributed by atoms with Crippen molar-refractivity contribution in [3.8, 4) is 0 Å². The average molecular weight is 290 g/mol. The molecule has 1 nitrogen and oxygen atoms in total. The highest BCUT2D eigenvalue weighted by molar-refractivity contribution is 6.30. The molecular weight excluding hydrogens is 273 g/mol. The molecule has 104 valence electrons. The zero-order valence-electron chi connectivity index (χ0n) is 11.4. The van der Waals surface area contributed by atoms with E-state index < -0.39 is 0 Å². The van der Waals surface area contributed by atoms with Crippen LogP contribution in [0.25, 0.3) is 0 Å². The summed E-state index contributed by atoms with van der Waals surface area (Å²) in [5.74, 6) is 0.348. The first kappa shape index (κ1) is 13.4. The summed E-state index contributed by atoms with van der Waals surface area (Å²) >= 11 is 6.01. The van der Waals surface area contributed by atoms with Crippen molar-refractivity contribution in [2.75, 3.05) is 5.32 Å². The van der Waals surface area contributed by atoms with Gasteiger partial charge in [0.1, 0.15) is 5.82 Å². The van der Waals surface area contributed by atoms with Gasteiger partial charge in [-0.1, -0.05) is 29.8 Å². The molecule has 1 aliphatic rings. The fourth-order valence-electron chi connectivity index (χ4n) is 2.74. The largest absolute Gasteiger partial charge is 0.380 e. The normalized spacial score (nSPS) is 21.4. The molecule has 20 heavy (non-hydrogen) atoms. The second-order valence-electron chi connectivity index (χ2n) is 5.55. The summed E-state index contributed by atoms with van der Waals surface area (Å²) in [6, 6.07) is 13.5. The summed E-state index contributed by atoms with van der Waals surface area (Å²) in [7, 11) is 0. The molecule has 0 radical (unpaired) electrons. The van der Waals surface area contributed by atoms with Crippen molar-refractivity contribution in [1.82, 2.24) is 0 Å². The Balaban J connectivity index is 1.62. The van der Waals surface area contributed by atoms with E-state index in [-0.39, 0.29) is 5.82 Å². The predicted octanol–water partition coefficient (Wildman–Crippen LogP) is 5.15. The van der Waals surface area contributed by atoms with Crippen molar-refractivity contribution in [3.05, 3.63) is 64.4 Å². The van der Waals surface area contributed by atoms with Crippen LogP contribution in [0.2, 0.25) is 5.02 Å². The molecule has 0 spiro atoms. The van der Waals surface area contributed by atoms with Gasteiger partial charge in [0.2, 0.25) is 0 Å². The lowest BCUT2D eigenvalue weighted by molar-refractivity contribution is 0.373. The molecule has 1 N–H and O–H groups in total. The zero-order valence-corrected chi connectivity index (χ0v) is 12.1. The van der Waals surface area contributed by atoms with Crippen molar-refractivity contribution in [2.45, 2.75) is 31.7 Å². The van der Waals surface area contributed by atoms with Crippen LogP contribution in [0, 0.1) is 12.7 Å². The molecular formula is C17H17ClFN. The van der Waals surface area contributed by atoms with E-state index in [4.69, 9.17) is 11.6 Å². The molecule has 1 saturated carbocycles. The van der Waals surface area contributed by atoms with E-state index in [0.29, 0.717) is 17.6 Å². The van der Waals surface area contributed by atoms with Crippen LogP contribution in [0.15, 0.2) is 42.5 Å². The number of aryl methyl sites for hydroxylation is 1. The van der Waals surface area contributed by atoms with Gasteiger partial charge >= 0.3 is 0 Å². The molecule has 0 aromatic heterocycles. The third-order valence-corrected chi connectivity index (χ3v) is 4.17. The van der Waals surface area contributed by atoms with E-state index in [9.17, 15) is 4.39 Å². The third kappa shape index (κ3) is 2.80. The van der Waals surface area contributed by atoms with Gasteiger partial charge in [-0.15, -0.1) is 0 Å². The maximum atomic E-state index is 13.7. The Bertz CT molecular complexity index is 620. The summed E-state index contributed by atoms with van der Waals surface area (Å²) < 4.78 is 13.7. The van der Waals surface area contributed by atoms with Crippen LogP contribution in [0.5, 0.6) is 0 Å². The second-order valence-corrected chi connectivity index (χ2v) is 5.98. The van der Waals surface area contributed by atoms with Crippen molar-refractivity contribution >= 4 is 17.3 Å². The Morgan fingerprint density at radius 2 is 1.95 bits per heavy atom. The van der Waals surface area contributed by atoms with Gasteiger partial charge in [0.25, 0.3) is 0 Å². The van der Waals surface area contributed by atoms with Gasteiger partial charge in [-0.3, -0.25) is 0 Å². The number of benzene rings is 2. The minimum atomic E-state index is -0.179. The van der Waals surface area contributed by atoms with Crippen molar-refractivity contribution in [3.63, 3.8) is 0 Å². The van der Waals surface area contributed by atoms with Crippen LogP contribution in [-0.2, 0) is 0 Å². The average Bonchev–Trinajstić information content (AvgIpc) is 2.37. The van der Waals surface area contributed by atoms with Gasteiger partial charge < -0.3 is 5.32 Å². The van der Waals surface area contributed by atoms with Crippen molar-refractivity contribution in [2.24, 2.45) is 0 Å². The van der Waals surface area contributed by atoms with Crippen LogP contribution in [0.3, 0.4) is 0 Å². The van der Waals surface area contributed by atoms with Crippen LogP contribution >= 0.6 is 11.6 Å². The molecule has 0 heterocycles. The number of anilines is 1. The van der Waals surface area contributed by atoms with E-state index in [1.807, 2.05) is 31.2 Å².